The van der Waals surface area contributed by atoms with E-state index in [0.29, 0.717) is 16.1 Å². The van der Waals surface area contributed by atoms with Gasteiger partial charge in [-0.1, -0.05) is 20.4 Å². The number of non-ortho nitro benzene ring substituents is 1. The third-order valence-corrected chi connectivity index (χ3v) is 6.60. The van der Waals surface area contributed by atoms with Gasteiger partial charge in [-0.25, -0.2) is 8.42 Å². The van der Waals surface area contributed by atoms with Crippen LogP contribution in [0.1, 0.15) is 20.3 Å². The Hall–Kier alpha value is -1.60. The first-order chi connectivity index (χ1) is 11.4. The maximum absolute atomic E-state index is 13.1. The smallest absolute Gasteiger partial charge is 0.258 e. The summed E-state index contributed by atoms with van der Waals surface area (Å²) in [5, 5.41) is 22.1. The lowest BCUT2D eigenvalue weighted by Crippen LogP contribution is -2.36. The quantitative estimate of drug-likeness (QED) is 0.361. The number of halogens is 1. The molecule has 0 N–H and O–H groups in total. The Kier molecular flexibility index (Phi) is 5.21. The van der Waals surface area contributed by atoms with E-state index in [2.05, 4.69) is 6.58 Å². The standard InChI is InChI=1S/C14H16IN3O6S/c1-9(15)12-7-14(2,3)8-16(12)25(23,24)13-5-4-10(17(19)20)6-11(13)18(21)22/h4-6,12H,1,7-8H2,2-3H3/t12-/m1/s1. The van der Waals surface area contributed by atoms with Gasteiger partial charge in [-0.3, -0.25) is 20.2 Å². The lowest BCUT2D eigenvalue weighted by Gasteiger charge is -2.23. The van der Waals surface area contributed by atoms with Gasteiger partial charge in [-0.15, -0.1) is 0 Å². The molecule has 11 heteroatoms. The highest BCUT2D eigenvalue weighted by Crippen LogP contribution is 2.42. The predicted molar refractivity (Wildman–Crippen MR) is 99.0 cm³/mol. The third-order valence-electron chi connectivity index (χ3n) is 3.98. The van der Waals surface area contributed by atoms with E-state index in [0.717, 1.165) is 12.1 Å². The fraction of sp³-hybridized carbons (Fsp3) is 0.429. The fourth-order valence-corrected chi connectivity index (χ4v) is 5.54. The molecule has 2 rings (SSSR count). The van der Waals surface area contributed by atoms with E-state index in [1.54, 1.807) is 0 Å². The number of hydrogen-bond donors (Lipinski definition) is 0. The summed E-state index contributed by atoms with van der Waals surface area (Å²) in [6.07, 6.45) is 0.536. The van der Waals surface area contributed by atoms with E-state index in [-0.39, 0.29) is 12.0 Å². The van der Waals surface area contributed by atoms with Gasteiger partial charge >= 0.3 is 0 Å². The van der Waals surface area contributed by atoms with Crippen molar-refractivity contribution in [1.29, 1.82) is 0 Å². The molecule has 9 nitrogen and oxygen atoms in total. The number of nitro groups is 2. The predicted octanol–water partition coefficient (Wildman–Crippen LogP) is 3.24. The van der Waals surface area contributed by atoms with Crippen LogP contribution in [-0.4, -0.2) is 35.2 Å². The minimum Gasteiger partial charge on any atom is -0.258 e. The van der Waals surface area contributed by atoms with Gasteiger partial charge < -0.3 is 0 Å². The maximum atomic E-state index is 13.1. The molecular weight excluding hydrogens is 465 g/mol. The molecule has 0 bridgehead atoms. The molecule has 0 saturated carbocycles. The van der Waals surface area contributed by atoms with Gasteiger partial charge in [0.1, 0.15) is 0 Å². The van der Waals surface area contributed by atoms with Crippen LogP contribution in [0.15, 0.2) is 33.3 Å². The molecule has 1 heterocycles. The Balaban J connectivity index is 2.61. The largest absolute Gasteiger partial charge is 0.296 e. The maximum Gasteiger partial charge on any atom is 0.296 e. The molecule has 136 valence electrons. The van der Waals surface area contributed by atoms with Gasteiger partial charge in [0.2, 0.25) is 0 Å². The van der Waals surface area contributed by atoms with Crippen molar-refractivity contribution < 1.29 is 18.3 Å². The van der Waals surface area contributed by atoms with Gasteiger partial charge in [0, 0.05) is 16.2 Å². The summed E-state index contributed by atoms with van der Waals surface area (Å²) in [7, 11) is -4.22. The lowest BCUT2D eigenvalue weighted by molar-refractivity contribution is -0.396. The van der Waals surface area contributed by atoms with E-state index in [9.17, 15) is 28.6 Å². The zero-order valence-electron chi connectivity index (χ0n) is 13.5. The monoisotopic (exact) mass is 481 g/mol. The highest BCUT2D eigenvalue weighted by Gasteiger charge is 2.46. The van der Waals surface area contributed by atoms with Crippen LogP contribution in [-0.2, 0) is 10.0 Å². The molecule has 1 aromatic rings. The van der Waals surface area contributed by atoms with E-state index in [1.165, 1.54) is 4.31 Å². The van der Waals surface area contributed by atoms with E-state index in [1.807, 2.05) is 36.4 Å². The van der Waals surface area contributed by atoms with Crippen LogP contribution in [0.3, 0.4) is 0 Å². The first-order valence-electron chi connectivity index (χ1n) is 7.16. The summed E-state index contributed by atoms with van der Waals surface area (Å²) in [5.74, 6) is 0. The molecule has 1 saturated heterocycles. The van der Waals surface area contributed by atoms with Crippen molar-refractivity contribution in [2.24, 2.45) is 5.41 Å². The molecule has 0 amide bonds. The van der Waals surface area contributed by atoms with Gasteiger partial charge in [0.25, 0.3) is 21.4 Å². The van der Waals surface area contributed by atoms with Crippen molar-refractivity contribution in [3.8, 4) is 0 Å². The van der Waals surface area contributed by atoms with Gasteiger partial charge in [-0.2, -0.15) is 4.31 Å². The first kappa shape index (κ1) is 19.7. The number of nitro benzene ring substituents is 2. The number of benzene rings is 1. The van der Waals surface area contributed by atoms with Gasteiger partial charge in [0.05, 0.1) is 22.0 Å². The number of hydrogen-bond acceptors (Lipinski definition) is 6. The Labute approximate surface area is 158 Å². The zero-order valence-corrected chi connectivity index (χ0v) is 16.5. The summed E-state index contributed by atoms with van der Waals surface area (Å²) in [4.78, 5) is 19.8. The highest BCUT2D eigenvalue weighted by molar-refractivity contribution is 14.1. The minimum absolute atomic E-state index is 0.177. The van der Waals surface area contributed by atoms with E-state index >= 15 is 0 Å². The molecule has 0 spiro atoms. The Bertz CT molecular complexity index is 867. The Morgan fingerprint density at radius 1 is 1.32 bits per heavy atom. The van der Waals surface area contributed by atoms with Crippen LogP contribution in [0.2, 0.25) is 0 Å². The molecule has 1 aromatic carbocycles. The topological polar surface area (TPSA) is 124 Å². The molecule has 0 aliphatic carbocycles. The molecule has 1 atom stereocenters. The van der Waals surface area contributed by atoms with Crippen molar-refractivity contribution in [2.75, 3.05) is 6.54 Å². The molecule has 25 heavy (non-hydrogen) atoms. The van der Waals surface area contributed by atoms with Gasteiger partial charge in [-0.05, 0) is 40.5 Å². The van der Waals surface area contributed by atoms with Crippen molar-refractivity contribution >= 4 is 44.0 Å². The van der Waals surface area contributed by atoms with E-state index in [4.69, 9.17) is 0 Å². The summed E-state index contributed by atoms with van der Waals surface area (Å²) in [6, 6.07) is 2.05. The van der Waals surface area contributed by atoms with Crippen LogP contribution in [0.25, 0.3) is 0 Å². The average molecular weight is 481 g/mol. The number of sulfonamides is 1. The second-order valence-corrected chi connectivity index (χ2v) is 9.79. The minimum atomic E-state index is -4.22. The number of rotatable bonds is 5. The third kappa shape index (κ3) is 3.82. The van der Waals surface area contributed by atoms with Crippen LogP contribution in [0.5, 0.6) is 0 Å². The Morgan fingerprint density at radius 2 is 1.92 bits per heavy atom. The normalized spacial score (nSPS) is 20.4. The van der Waals surface area contributed by atoms with Crippen LogP contribution >= 0.6 is 22.6 Å². The van der Waals surface area contributed by atoms with Crippen molar-refractivity contribution in [3.05, 3.63) is 48.6 Å². The van der Waals surface area contributed by atoms with Crippen LogP contribution < -0.4 is 0 Å². The lowest BCUT2D eigenvalue weighted by atomic mass is 9.91. The molecule has 1 fully saturated rings. The van der Waals surface area contributed by atoms with Crippen molar-refractivity contribution in [1.82, 2.24) is 4.31 Å². The highest BCUT2D eigenvalue weighted by atomic mass is 127. The molecule has 1 aliphatic heterocycles. The fourth-order valence-electron chi connectivity index (χ4n) is 2.85. The average Bonchev–Trinajstić information content (AvgIpc) is 2.83. The second kappa shape index (κ2) is 6.61. The number of nitrogens with zero attached hydrogens (tertiary/aromatic N) is 3. The van der Waals surface area contributed by atoms with Crippen molar-refractivity contribution in [2.45, 2.75) is 31.2 Å². The second-order valence-electron chi connectivity index (χ2n) is 6.55. The van der Waals surface area contributed by atoms with Gasteiger partial charge in [0.15, 0.2) is 4.90 Å². The molecular formula is C14H16IN3O6S. The van der Waals surface area contributed by atoms with E-state index < -0.39 is 42.2 Å². The Morgan fingerprint density at radius 3 is 2.40 bits per heavy atom. The SMILES string of the molecule is C=C(I)[C@H]1CC(C)(C)CN1S(=O)(=O)c1ccc([N+](=O)[O-])cc1[N+](=O)[O-]. The molecule has 0 aromatic heterocycles. The molecule has 0 unspecified atom stereocenters. The summed E-state index contributed by atoms with van der Waals surface area (Å²) < 4.78 is 27.9. The summed E-state index contributed by atoms with van der Waals surface area (Å²) >= 11 is 1.95. The zero-order chi connectivity index (χ0) is 19.2. The van der Waals surface area contributed by atoms with Crippen LogP contribution in [0.4, 0.5) is 11.4 Å². The summed E-state index contributed by atoms with van der Waals surface area (Å²) in [5.41, 5.74) is -1.67. The first-order valence-corrected chi connectivity index (χ1v) is 9.68. The van der Waals surface area contributed by atoms with Crippen molar-refractivity contribution in [3.63, 3.8) is 0 Å². The summed E-state index contributed by atoms with van der Waals surface area (Å²) in [6.45, 7) is 7.79. The van der Waals surface area contributed by atoms with Crippen LogP contribution in [0, 0.1) is 25.6 Å². The molecule has 0 radical (unpaired) electrons. The molecule has 1 aliphatic rings.